The molecule has 0 aromatic carbocycles. The van der Waals surface area contributed by atoms with Crippen LogP contribution in [-0.4, -0.2) is 30.3 Å². The first-order chi connectivity index (χ1) is 8.25. The van der Waals surface area contributed by atoms with Crippen LogP contribution in [0.4, 0.5) is 0 Å². The van der Waals surface area contributed by atoms with Gasteiger partial charge in [0.15, 0.2) is 0 Å². The third-order valence-electron chi connectivity index (χ3n) is 4.24. The maximum Gasteiger partial charge on any atom is 0.231 e. The highest BCUT2D eigenvalue weighted by Crippen LogP contribution is 2.43. The molecular formula is C12H19N3O2. The van der Waals surface area contributed by atoms with Crippen molar-refractivity contribution in [3.05, 3.63) is 11.7 Å². The molecule has 0 spiro atoms. The van der Waals surface area contributed by atoms with Crippen molar-refractivity contribution in [3.8, 4) is 0 Å². The van der Waals surface area contributed by atoms with Crippen LogP contribution in [0.25, 0.3) is 0 Å². The van der Waals surface area contributed by atoms with Crippen molar-refractivity contribution < 1.29 is 9.26 Å². The van der Waals surface area contributed by atoms with Gasteiger partial charge in [0.1, 0.15) is 5.60 Å². The summed E-state index contributed by atoms with van der Waals surface area (Å²) in [6, 6.07) is 0. The maximum atomic E-state index is 5.56. The molecule has 1 aliphatic carbocycles. The molecule has 2 unspecified atom stereocenters. The van der Waals surface area contributed by atoms with Gasteiger partial charge in [0.2, 0.25) is 11.7 Å². The highest BCUT2D eigenvalue weighted by atomic mass is 16.5. The molecule has 5 nitrogen and oxygen atoms in total. The van der Waals surface area contributed by atoms with Crippen molar-refractivity contribution in [1.82, 2.24) is 15.5 Å². The standard InChI is InChI=1S/C12H19N3O2/c1-8-6-13-7-9(8)10-14-11(15-17-10)12(16-2)4-3-5-12/h8-9,13H,3-7H2,1-2H3. The molecule has 1 saturated carbocycles. The van der Waals surface area contributed by atoms with E-state index in [1.807, 2.05) is 0 Å². The average molecular weight is 237 g/mol. The second-order valence-corrected chi connectivity index (χ2v) is 5.25. The largest absolute Gasteiger partial charge is 0.370 e. The van der Waals surface area contributed by atoms with E-state index in [1.54, 1.807) is 7.11 Å². The van der Waals surface area contributed by atoms with Crippen molar-refractivity contribution in [3.63, 3.8) is 0 Å². The van der Waals surface area contributed by atoms with Crippen LogP contribution in [0.5, 0.6) is 0 Å². The number of ether oxygens (including phenoxy) is 1. The summed E-state index contributed by atoms with van der Waals surface area (Å²) < 4.78 is 11.0. The maximum absolute atomic E-state index is 5.56. The Morgan fingerprint density at radius 1 is 1.41 bits per heavy atom. The minimum Gasteiger partial charge on any atom is -0.370 e. The summed E-state index contributed by atoms with van der Waals surface area (Å²) in [4.78, 5) is 4.56. The fourth-order valence-corrected chi connectivity index (χ4v) is 2.73. The molecule has 0 amide bonds. The summed E-state index contributed by atoms with van der Waals surface area (Å²) in [5, 5.41) is 7.47. The summed E-state index contributed by atoms with van der Waals surface area (Å²) in [6.45, 7) is 4.17. The van der Waals surface area contributed by atoms with Gasteiger partial charge in [-0.15, -0.1) is 0 Å². The van der Waals surface area contributed by atoms with Crippen molar-refractivity contribution in [2.24, 2.45) is 5.92 Å². The second kappa shape index (κ2) is 4.07. The topological polar surface area (TPSA) is 60.2 Å². The summed E-state index contributed by atoms with van der Waals surface area (Å²) >= 11 is 0. The molecule has 1 N–H and O–H groups in total. The molecule has 17 heavy (non-hydrogen) atoms. The molecule has 5 heteroatoms. The van der Waals surface area contributed by atoms with Gasteiger partial charge in [-0.05, 0) is 31.7 Å². The molecule has 94 valence electrons. The van der Waals surface area contributed by atoms with Gasteiger partial charge in [0.25, 0.3) is 0 Å². The minimum atomic E-state index is -0.267. The zero-order valence-corrected chi connectivity index (χ0v) is 10.4. The molecule has 1 aromatic rings. The lowest BCUT2D eigenvalue weighted by molar-refractivity contribution is -0.0858. The Bertz CT molecular complexity index is 395. The van der Waals surface area contributed by atoms with Gasteiger partial charge in [-0.3, -0.25) is 0 Å². The Hall–Kier alpha value is -0.940. The molecule has 2 atom stereocenters. The van der Waals surface area contributed by atoms with E-state index in [2.05, 4.69) is 22.4 Å². The van der Waals surface area contributed by atoms with Gasteiger partial charge in [-0.25, -0.2) is 0 Å². The van der Waals surface area contributed by atoms with E-state index in [1.165, 1.54) is 6.42 Å². The number of hydrogen-bond donors (Lipinski definition) is 1. The van der Waals surface area contributed by atoms with Crippen LogP contribution in [0.15, 0.2) is 4.52 Å². The summed E-state index contributed by atoms with van der Waals surface area (Å²) in [5.41, 5.74) is -0.267. The Kier molecular flexibility index (Phi) is 2.67. The third-order valence-corrected chi connectivity index (χ3v) is 4.24. The number of rotatable bonds is 3. The Balaban J connectivity index is 1.82. The first kappa shape index (κ1) is 11.2. The smallest absolute Gasteiger partial charge is 0.231 e. The average Bonchev–Trinajstić information content (AvgIpc) is 2.86. The van der Waals surface area contributed by atoms with Crippen LogP contribution in [0, 0.1) is 5.92 Å². The zero-order chi connectivity index (χ0) is 11.9. The van der Waals surface area contributed by atoms with E-state index in [0.29, 0.717) is 11.8 Å². The van der Waals surface area contributed by atoms with E-state index >= 15 is 0 Å². The number of methoxy groups -OCH3 is 1. The molecule has 0 radical (unpaired) electrons. The Morgan fingerprint density at radius 3 is 2.76 bits per heavy atom. The van der Waals surface area contributed by atoms with Crippen LogP contribution in [0.1, 0.15) is 43.8 Å². The van der Waals surface area contributed by atoms with Crippen LogP contribution >= 0.6 is 0 Å². The van der Waals surface area contributed by atoms with Gasteiger partial charge in [-0.2, -0.15) is 4.98 Å². The van der Waals surface area contributed by atoms with Crippen molar-refractivity contribution in [2.75, 3.05) is 20.2 Å². The Morgan fingerprint density at radius 2 is 2.24 bits per heavy atom. The molecule has 3 rings (SSSR count). The molecular weight excluding hydrogens is 218 g/mol. The molecule has 1 aromatic heterocycles. The molecule has 1 aliphatic heterocycles. The summed E-state index contributed by atoms with van der Waals surface area (Å²) in [6.07, 6.45) is 3.18. The van der Waals surface area contributed by atoms with E-state index in [-0.39, 0.29) is 5.60 Å². The van der Waals surface area contributed by atoms with Gasteiger partial charge in [0.05, 0.1) is 5.92 Å². The fraction of sp³-hybridized carbons (Fsp3) is 0.833. The highest BCUT2D eigenvalue weighted by molar-refractivity contribution is 5.09. The minimum absolute atomic E-state index is 0.267. The van der Waals surface area contributed by atoms with Crippen molar-refractivity contribution in [2.45, 2.75) is 37.7 Å². The molecule has 2 aliphatic rings. The van der Waals surface area contributed by atoms with Gasteiger partial charge >= 0.3 is 0 Å². The van der Waals surface area contributed by atoms with Crippen LogP contribution in [0.2, 0.25) is 0 Å². The van der Waals surface area contributed by atoms with Crippen LogP contribution in [0.3, 0.4) is 0 Å². The van der Waals surface area contributed by atoms with E-state index in [0.717, 1.165) is 37.6 Å². The molecule has 1 saturated heterocycles. The number of nitrogens with one attached hydrogen (secondary N) is 1. The lowest BCUT2D eigenvalue weighted by Crippen LogP contribution is -2.37. The third kappa shape index (κ3) is 1.68. The lowest BCUT2D eigenvalue weighted by Gasteiger charge is -2.37. The number of aromatic nitrogens is 2. The summed E-state index contributed by atoms with van der Waals surface area (Å²) in [5.74, 6) is 2.41. The van der Waals surface area contributed by atoms with Crippen LogP contribution in [-0.2, 0) is 10.3 Å². The monoisotopic (exact) mass is 237 g/mol. The van der Waals surface area contributed by atoms with E-state index in [4.69, 9.17) is 9.26 Å². The summed E-state index contributed by atoms with van der Waals surface area (Å²) in [7, 11) is 1.73. The van der Waals surface area contributed by atoms with Gasteiger partial charge in [-0.1, -0.05) is 12.1 Å². The SMILES string of the molecule is COC1(c2noc(C3CNCC3C)n2)CCC1. The molecule has 2 heterocycles. The van der Waals surface area contributed by atoms with Crippen molar-refractivity contribution in [1.29, 1.82) is 0 Å². The van der Waals surface area contributed by atoms with E-state index < -0.39 is 0 Å². The molecule has 2 fully saturated rings. The predicted octanol–water partition coefficient (Wildman–Crippen LogP) is 1.42. The van der Waals surface area contributed by atoms with Crippen LogP contribution < -0.4 is 5.32 Å². The Labute approximate surface area is 101 Å². The highest BCUT2D eigenvalue weighted by Gasteiger charge is 2.44. The molecule has 0 bridgehead atoms. The second-order valence-electron chi connectivity index (χ2n) is 5.25. The van der Waals surface area contributed by atoms with Crippen molar-refractivity contribution >= 4 is 0 Å². The predicted molar refractivity (Wildman–Crippen MR) is 61.6 cm³/mol. The first-order valence-electron chi connectivity index (χ1n) is 6.35. The van der Waals surface area contributed by atoms with Gasteiger partial charge in [0, 0.05) is 13.7 Å². The number of hydrogen-bond acceptors (Lipinski definition) is 5. The van der Waals surface area contributed by atoms with Gasteiger partial charge < -0.3 is 14.6 Å². The fourth-order valence-electron chi connectivity index (χ4n) is 2.73. The lowest BCUT2D eigenvalue weighted by atomic mass is 9.79. The quantitative estimate of drug-likeness (QED) is 0.861. The normalized spacial score (nSPS) is 31.4. The zero-order valence-electron chi connectivity index (χ0n) is 10.4. The van der Waals surface area contributed by atoms with E-state index in [9.17, 15) is 0 Å². The number of nitrogens with zero attached hydrogens (tertiary/aromatic N) is 2. The first-order valence-corrected chi connectivity index (χ1v) is 6.35.